The van der Waals surface area contributed by atoms with Crippen LogP contribution in [0.25, 0.3) is 0 Å². The van der Waals surface area contributed by atoms with Crippen LogP contribution in [0.4, 0.5) is 4.39 Å². The minimum absolute atomic E-state index is 0.223. The van der Waals surface area contributed by atoms with Crippen LogP contribution >= 0.6 is 0 Å². The Labute approximate surface area is 72.1 Å². The maximum Gasteiger partial charge on any atom is 0.174 e. The van der Waals surface area contributed by atoms with Crippen LogP contribution in [0.3, 0.4) is 0 Å². The van der Waals surface area contributed by atoms with Gasteiger partial charge in [0.1, 0.15) is 0 Å². The van der Waals surface area contributed by atoms with Gasteiger partial charge < -0.3 is 4.74 Å². The predicted molar refractivity (Wildman–Crippen MR) is 43.7 cm³/mol. The molecule has 0 aromatic rings. The Bertz CT molecular complexity index is 166. The molecule has 1 aliphatic heterocycles. The lowest BCUT2D eigenvalue weighted by molar-refractivity contribution is -0.136. The van der Waals surface area contributed by atoms with Gasteiger partial charge in [0.15, 0.2) is 11.5 Å². The number of carbonyl (C=O) groups excluding carboxylic acids is 1. The summed E-state index contributed by atoms with van der Waals surface area (Å²) in [4.78, 5) is 11.4. The molecule has 0 amide bonds. The van der Waals surface area contributed by atoms with Crippen molar-refractivity contribution in [1.29, 1.82) is 0 Å². The van der Waals surface area contributed by atoms with E-state index in [0.717, 1.165) is 12.8 Å². The van der Waals surface area contributed by atoms with E-state index in [0.29, 0.717) is 13.2 Å². The summed E-state index contributed by atoms with van der Waals surface area (Å²) in [6.45, 7) is 3.72. The lowest BCUT2D eigenvalue weighted by Crippen LogP contribution is -2.37. The van der Waals surface area contributed by atoms with Crippen molar-refractivity contribution in [2.24, 2.45) is 5.92 Å². The molecule has 1 heterocycles. The third kappa shape index (κ3) is 2.27. The van der Waals surface area contributed by atoms with Crippen molar-refractivity contribution in [3.05, 3.63) is 0 Å². The van der Waals surface area contributed by atoms with Crippen LogP contribution in [0.15, 0.2) is 0 Å². The third-order valence-electron chi connectivity index (χ3n) is 2.12. The molecule has 1 atom stereocenters. The van der Waals surface area contributed by atoms with Gasteiger partial charge in [-0.25, -0.2) is 4.39 Å². The van der Waals surface area contributed by atoms with E-state index in [2.05, 4.69) is 0 Å². The minimum Gasteiger partial charge on any atom is -0.381 e. The Hall–Kier alpha value is -0.440. The summed E-state index contributed by atoms with van der Waals surface area (Å²) >= 11 is 0. The number of ether oxygens (including phenoxy) is 1. The summed E-state index contributed by atoms with van der Waals surface area (Å²) in [7, 11) is 0. The van der Waals surface area contributed by atoms with Gasteiger partial charge in [-0.15, -0.1) is 0 Å². The number of ketones is 1. The molecular formula is C9H15FO2. The maximum atomic E-state index is 13.2. The molecule has 1 fully saturated rings. The van der Waals surface area contributed by atoms with E-state index in [1.54, 1.807) is 0 Å². The SMILES string of the molecule is CC(C)(F)C(=O)C1CCCOC1. The van der Waals surface area contributed by atoms with E-state index in [1.807, 2.05) is 0 Å². The molecule has 0 spiro atoms. The first kappa shape index (κ1) is 9.65. The second-order valence-corrected chi connectivity index (χ2v) is 3.75. The van der Waals surface area contributed by atoms with Gasteiger partial charge in [0.25, 0.3) is 0 Å². The number of rotatable bonds is 2. The molecule has 2 nitrogen and oxygen atoms in total. The molecule has 0 aromatic heterocycles. The zero-order valence-corrected chi connectivity index (χ0v) is 7.60. The summed E-state index contributed by atoms with van der Waals surface area (Å²) in [6, 6.07) is 0. The summed E-state index contributed by atoms with van der Waals surface area (Å²) in [5.74, 6) is -0.541. The molecule has 0 aliphatic carbocycles. The van der Waals surface area contributed by atoms with Crippen molar-refractivity contribution in [2.75, 3.05) is 13.2 Å². The van der Waals surface area contributed by atoms with Gasteiger partial charge in [-0.1, -0.05) is 0 Å². The van der Waals surface area contributed by atoms with Gasteiger partial charge >= 0.3 is 0 Å². The molecule has 0 N–H and O–H groups in total. The van der Waals surface area contributed by atoms with E-state index in [1.165, 1.54) is 13.8 Å². The predicted octanol–water partition coefficient (Wildman–Crippen LogP) is 1.73. The summed E-state index contributed by atoms with van der Waals surface area (Å²) in [6.07, 6.45) is 1.64. The van der Waals surface area contributed by atoms with Crippen LogP contribution in [0.1, 0.15) is 26.7 Å². The fraction of sp³-hybridized carbons (Fsp3) is 0.889. The summed E-state index contributed by atoms with van der Waals surface area (Å²) in [5, 5.41) is 0. The molecule has 1 rings (SSSR count). The summed E-state index contributed by atoms with van der Waals surface area (Å²) < 4.78 is 18.3. The molecule has 12 heavy (non-hydrogen) atoms. The van der Waals surface area contributed by atoms with E-state index in [9.17, 15) is 9.18 Å². The monoisotopic (exact) mass is 174 g/mol. The molecule has 3 heteroatoms. The Kier molecular flexibility index (Phi) is 2.83. The highest BCUT2D eigenvalue weighted by Crippen LogP contribution is 2.22. The van der Waals surface area contributed by atoms with E-state index >= 15 is 0 Å². The highest BCUT2D eigenvalue weighted by molar-refractivity contribution is 5.88. The van der Waals surface area contributed by atoms with Crippen LogP contribution in [0.2, 0.25) is 0 Å². The molecular weight excluding hydrogens is 159 g/mol. The number of halogens is 1. The lowest BCUT2D eigenvalue weighted by atomic mass is 9.89. The maximum absolute atomic E-state index is 13.2. The molecule has 1 saturated heterocycles. The molecule has 0 bridgehead atoms. The van der Waals surface area contributed by atoms with Gasteiger partial charge in [-0.05, 0) is 26.7 Å². The standard InChI is InChI=1S/C9H15FO2/c1-9(2,10)8(11)7-4-3-5-12-6-7/h7H,3-6H2,1-2H3. The number of hydrogen-bond acceptors (Lipinski definition) is 2. The highest BCUT2D eigenvalue weighted by atomic mass is 19.1. The molecule has 0 aromatic carbocycles. The first-order chi connectivity index (χ1) is 5.52. The van der Waals surface area contributed by atoms with E-state index < -0.39 is 5.67 Å². The second-order valence-electron chi connectivity index (χ2n) is 3.75. The van der Waals surface area contributed by atoms with Gasteiger partial charge in [0.2, 0.25) is 0 Å². The van der Waals surface area contributed by atoms with Crippen molar-refractivity contribution >= 4 is 5.78 Å². The van der Waals surface area contributed by atoms with Crippen LogP contribution < -0.4 is 0 Å². The van der Waals surface area contributed by atoms with E-state index in [4.69, 9.17) is 4.74 Å². The molecule has 70 valence electrons. The highest BCUT2D eigenvalue weighted by Gasteiger charge is 2.34. The van der Waals surface area contributed by atoms with Crippen LogP contribution in [0.5, 0.6) is 0 Å². The Morgan fingerprint density at radius 3 is 2.67 bits per heavy atom. The van der Waals surface area contributed by atoms with Crippen LogP contribution in [-0.2, 0) is 9.53 Å². The lowest BCUT2D eigenvalue weighted by Gasteiger charge is -2.24. The summed E-state index contributed by atoms with van der Waals surface area (Å²) in [5.41, 5.74) is -1.70. The Balaban J connectivity index is 2.51. The molecule has 1 unspecified atom stereocenters. The van der Waals surface area contributed by atoms with Gasteiger partial charge in [0.05, 0.1) is 6.61 Å². The minimum atomic E-state index is -1.70. The Morgan fingerprint density at radius 1 is 1.58 bits per heavy atom. The smallest absolute Gasteiger partial charge is 0.174 e. The van der Waals surface area contributed by atoms with Gasteiger partial charge in [0, 0.05) is 12.5 Å². The fourth-order valence-corrected chi connectivity index (χ4v) is 1.43. The average molecular weight is 174 g/mol. The number of alkyl halides is 1. The van der Waals surface area contributed by atoms with Crippen molar-refractivity contribution in [3.8, 4) is 0 Å². The molecule has 0 saturated carbocycles. The van der Waals surface area contributed by atoms with Gasteiger partial charge in [-0.3, -0.25) is 4.79 Å². The van der Waals surface area contributed by atoms with Gasteiger partial charge in [-0.2, -0.15) is 0 Å². The topological polar surface area (TPSA) is 26.3 Å². The fourth-order valence-electron chi connectivity index (χ4n) is 1.43. The molecule has 1 aliphatic rings. The largest absolute Gasteiger partial charge is 0.381 e. The zero-order valence-electron chi connectivity index (χ0n) is 7.60. The Morgan fingerprint density at radius 2 is 2.25 bits per heavy atom. The average Bonchev–Trinajstić information content (AvgIpc) is 2.03. The van der Waals surface area contributed by atoms with Crippen molar-refractivity contribution in [2.45, 2.75) is 32.4 Å². The van der Waals surface area contributed by atoms with Crippen molar-refractivity contribution < 1.29 is 13.9 Å². The van der Waals surface area contributed by atoms with Crippen molar-refractivity contribution in [3.63, 3.8) is 0 Å². The van der Waals surface area contributed by atoms with Crippen molar-refractivity contribution in [1.82, 2.24) is 0 Å². The first-order valence-electron chi connectivity index (χ1n) is 4.33. The third-order valence-corrected chi connectivity index (χ3v) is 2.12. The number of carbonyl (C=O) groups is 1. The van der Waals surface area contributed by atoms with Crippen LogP contribution in [0, 0.1) is 5.92 Å². The quantitative estimate of drug-likeness (QED) is 0.637. The first-order valence-corrected chi connectivity index (χ1v) is 4.33. The van der Waals surface area contributed by atoms with E-state index in [-0.39, 0.29) is 11.7 Å². The zero-order chi connectivity index (χ0) is 9.19. The number of hydrogen-bond donors (Lipinski definition) is 0. The van der Waals surface area contributed by atoms with Crippen LogP contribution in [-0.4, -0.2) is 24.7 Å². The second kappa shape index (κ2) is 3.52. The normalized spacial score (nSPS) is 25.4. The number of Topliss-reactive ketones (excluding diaryl/α,β-unsaturated/α-hetero) is 1. The molecule has 0 radical (unpaired) electrons.